The maximum absolute atomic E-state index is 11.1. The number of benzene rings is 2. The van der Waals surface area contributed by atoms with Gasteiger partial charge in [-0.2, -0.15) is 8.42 Å². The average Bonchev–Trinajstić information content (AvgIpc) is 2.26. The van der Waals surface area contributed by atoms with Crippen molar-refractivity contribution in [1.82, 2.24) is 0 Å². The van der Waals surface area contributed by atoms with Crippen LogP contribution in [0.1, 0.15) is 10.4 Å². The second-order valence-corrected chi connectivity index (χ2v) is 4.83. The fourth-order valence-electron chi connectivity index (χ4n) is 1.69. The number of rotatable bonds is 2. The van der Waals surface area contributed by atoms with Gasteiger partial charge in [0.2, 0.25) is 0 Å². The summed E-state index contributed by atoms with van der Waals surface area (Å²) in [5.74, 6) is -1.39. The topological polar surface area (TPSA) is 91.7 Å². The molecule has 2 aromatic rings. The molecule has 2 rings (SSSR count). The zero-order valence-electron chi connectivity index (χ0n) is 8.49. The molecule has 0 fully saturated rings. The molecule has 0 saturated heterocycles. The van der Waals surface area contributed by atoms with Gasteiger partial charge in [0.05, 0.1) is 5.56 Å². The van der Waals surface area contributed by atoms with Crippen LogP contribution >= 0.6 is 0 Å². The molecule has 8 heteroatoms. The van der Waals surface area contributed by atoms with Crippen molar-refractivity contribution >= 4 is 86.0 Å². The zero-order valence-corrected chi connectivity index (χ0v) is 9.31. The van der Waals surface area contributed by atoms with E-state index in [4.69, 9.17) is 9.66 Å². The Kier molecular flexibility index (Phi) is 7.22. The number of carboxylic acid groups (broad SMARTS) is 1. The van der Waals surface area contributed by atoms with Gasteiger partial charge in [0.1, 0.15) is 4.90 Å². The number of hydrogen-bond acceptors (Lipinski definition) is 3. The first-order valence-corrected chi connectivity index (χ1v) is 6.08. The van der Waals surface area contributed by atoms with Gasteiger partial charge in [-0.15, -0.1) is 0 Å². The predicted octanol–water partition coefficient (Wildman–Crippen LogP) is 0.488. The van der Waals surface area contributed by atoms with Crippen LogP contribution in [0.5, 0.6) is 0 Å². The van der Waals surface area contributed by atoms with E-state index in [-0.39, 0.29) is 64.5 Å². The number of hydrogen-bond donors (Lipinski definition) is 2. The summed E-state index contributed by atoms with van der Waals surface area (Å²) in [7, 11) is -4.55. The van der Waals surface area contributed by atoms with E-state index in [0.29, 0.717) is 5.39 Å². The van der Waals surface area contributed by atoms with Gasteiger partial charge in [-0.1, -0.05) is 30.3 Å². The van der Waals surface area contributed by atoms with Crippen LogP contribution in [0.2, 0.25) is 0 Å². The molecule has 0 radical (unpaired) electrons. The Hall–Kier alpha value is 0.0800. The molecule has 0 amide bonds. The molecule has 0 heterocycles. The zero-order chi connectivity index (χ0) is 12.6. The molecule has 0 aromatic heterocycles. The molecular weight excluding hydrogens is 290 g/mol. The standard InChI is InChI=1S/C11H8O5S.2Na.2H/c12-11(13)10-8-4-2-1-3-7(8)5-6-9(10)17(14,15)16;;;;/h1-6H,(H,12,13)(H,14,15,16);;;;. The molecule has 0 aliphatic carbocycles. The van der Waals surface area contributed by atoms with E-state index in [9.17, 15) is 13.2 Å². The first-order chi connectivity index (χ1) is 7.91. The average molecular weight is 300 g/mol. The van der Waals surface area contributed by atoms with Crippen molar-refractivity contribution in [3.8, 4) is 0 Å². The summed E-state index contributed by atoms with van der Waals surface area (Å²) >= 11 is 0. The molecule has 0 bridgehead atoms. The van der Waals surface area contributed by atoms with Crippen molar-refractivity contribution in [2.45, 2.75) is 4.90 Å². The molecule has 0 aliphatic heterocycles. The van der Waals surface area contributed by atoms with E-state index in [1.807, 2.05) is 0 Å². The Morgan fingerprint density at radius 2 is 1.58 bits per heavy atom. The minimum absolute atomic E-state index is 0. The molecular formula is C11H10Na2O5S. The van der Waals surface area contributed by atoms with E-state index in [1.165, 1.54) is 12.1 Å². The van der Waals surface area contributed by atoms with Gasteiger partial charge in [-0.25, -0.2) is 4.79 Å². The predicted molar refractivity (Wildman–Crippen MR) is 75.0 cm³/mol. The van der Waals surface area contributed by atoms with Crippen LogP contribution in [0.4, 0.5) is 0 Å². The fraction of sp³-hybridized carbons (Fsp3) is 0. The molecule has 2 N–H and O–H groups in total. The van der Waals surface area contributed by atoms with Crippen LogP contribution in [0.3, 0.4) is 0 Å². The minimum atomic E-state index is -4.55. The summed E-state index contributed by atoms with van der Waals surface area (Å²) in [6, 6.07) is 9.00. The Labute approximate surface area is 154 Å². The third-order valence-corrected chi connectivity index (χ3v) is 3.28. The second-order valence-electron chi connectivity index (χ2n) is 3.44. The Morgan fingerprint density at radius 3 is 2.11 bits per heavy atom. The van der Waals surface area contributed by atoms with Crippen molar-refractivity contribution in [1.29, 1.82) is 0 Å². The maximum atomic E-state index is 11.1. The molecule has 0 aliphatic rings. The van der Waals surface area contributed by atoms with Crippen LogP contribution in [-0.4, -0.2) is 83.2 Å². The number of carbonyl (C=O) groups is 1. The summed E-state index contributed by atoms with van der Waals surface area (Å²) in [4.78, 5) is 10.5. The molecule has 19 heavy (non-hydrogen) atoms. The van der Waals surface area contributed by atoms with Crippen LogP contribution in [0.25, 0.3) is 10.8 Å². The number of fused-ring (bicyclic) bond motifs is 1. The van der Waals surface area contributed by atoms with Crippen molar-refractivity contribution < 1.29 is 22.9 Å². The quantitative estimate of drug-likeness (QED) is 0.622. The van der Waals surface area contributed by atoms with E-state index in [0.717, 1.165) is 6.07 Å². The summed E-state index contributed by atoms with van der Waals surface area (Å²) in [5, 5.41) is 9.92. The van der Waals surface area contributed by atoms with E-state index < -0.39 is 26.5 Å². The van der Waals surface area contributed by atoms with Crippen LogP contribution in [-0.2, 0) is 10.1 Å². The first kappa shape index (κ1) is 19.1. The summed E-state index contributed by atoms with van der Waals surface area (Å²) in [6.45, 7) is 0. The SMILES string of the molecule is O=C(O)c1c(S(=O)(=O)O)ccc2ccccc12.[NaH].[NaH]. The van der Waals surface area contributed by atoms with E-state index >= 15 is 0 Å². The van der Waals surface area contributed by atoms with Gasteiger partial charge in [0.15, 0.2) is 0 Å². The summed E-state index contributed by atoms with van der Waals surface area (Å²) in [5.41, 5.74) is -0.411. The van der Waals surface area contributed by atoms with Gasteiger partial charge in [-0.05, 0) is 16.8 Å². The number of carboxylic acids is 1. The molecule has 0 saturated carbocycles. The van der Waals surface area contributed by atoms with Crippen molar-refractivity contribution in [3.05, 3.63) is 42.0 Å². The Bertz CT molecular complexity index is 712. The second kappa shape index (κ2) is 7.19. The van der Waals surface area contributed by atoms with Crippen molar-refractivity contribution in [2.24, 2.45) is 0 Å². The molecule has 0 spiro atoms. The van der Waals surface area contributed by atoms with Crippen LogP contribution in [0.15, 0.2) is 41.3 Å². The monoisotopic (exact) mass is 300 g/mol. The van der Waals surface area contributed by atoms with Crippen molar-refractivity contribution in [2.75, 3.05) is 0 Å². The molecule has 0 unspecified atom stereocenters. The van der Waals surface area contributed by atoms with Crippen LogP contribution < -0.4 is 0 Å². The van der Waals surface area contributed by atoms with Crippen LogP contribution in [0, 0.1) is 0 Å². The number of aromatic carboxylic acids is 1. The third kappa shape index (κ3) is 4.03. The van der Waals surface area contributed by atoms with Gasteiger partial charge in [-0.3, -0.25) is 4.55 Å². The van der Waals surface area contributed by atoms with Gasteiger partial charge in [0.25, 0.3) is 10.1 Å². The molecule has 0 atom stereocenters. The Balaban J connectivity index is 0.00000162. The van der Waals surface area contributed by atoms with E-state index in [2.05, 4.69) is 0 Å². The first-order valence-electron chi connectivity index (χ1n) is 4.64. The molecule has 5 nitrogen and oxygen atoms in total. The summed E-state index contributed by atoms with van der Waals surface area (Å²) < 4.78 is 31.2. The van der Waals surface area contributed by atoms with E-state index in [1.54, 1.807) is 18.2 Å². The molecule has 2 aromatic carbocycles. The van der Waals surface area contributed by atoms with Crippen molar-refractivity contribution in [3.63, 3.8) is 0 Å². The van der Waals surface area contributed by atoms with Gasteiger partial charge in [0, 0.05) is 0 Å². The van der Waals surface area contributed by atoms with Gasteiger partial charge < -0.3 is 5.11 Å². The Morgan fingerprint density at radius 1 is 1.00 bits per heavy atom. The molecule has 92 valence electrons. The fourth-order valence-corrected chi connectivity index (χ4v) is 2.38. The normalized spacial score (nSPS) is 10.4. The summed E-state index contributed by atoms with van der Waals surface area (Å²) in [6.07, 6.45) is 0. The van der Waals surface area contributed by atoms with Gasteiger partial charge >= 0.3 is 65.1 Å². The third-order valence-electron chi connectivity index (χ3n) is 2.38.